The van der Waals surface area contributed by atoms with Gasteiger partial charge in [-0.2, -0.15) is 4.31 Å². The largest absolute Gasteiger partial charge is 0.342 e. The zero-order chi connectivity index (χ0) is 20.1. The second-order valence-corrected chi connectivity index (χ2v) is 10.8. The molecule has 7 nitrogen and oxygen atoms in total. The van der Waals surface area contributed by atoms with Gasteiger partial charge >= 0.3 is 0 Å². The summed E-state index contributed by atoms with van der Waals surface area (Å²) in [7, 11) is -1.52. The number of likely N-dealkylation sites (N-methyl/N-ethyl adjacent to an activating group) is 1. The van der Waals surface area contributed by atoms with E-state index in [0.717, 1.165) is 39.0 Å². The van der Waals surface area contributed by atoms with Crippen LogP contribution in [0.15, 0.2) is 28.3 Å². The molecular weight excluding hydrogens is 396 g/mol. The van der Waals surface area contributed by atoms with Gasteiger partial charge in [-0.25, -0.2) is 13.4 Å². The third kappa shape index (κ3) is 5.25. The van der Waals surface area contributed by atoms with Crippen LogP contribution in [0.5, 0.6) is 0 Å². The van der Waals surface area contributed by atoms with Gasteiger partial charge in [0, 0.05) is 45.5 Å². The smallest absolute Gasteiger partial charge is 0.244 e. The molecule has 28 heavy (non-hydrogen) atoms. The Kier molecular flexibility index (Phi) is 7.36. The number of amides is 1. The Bertz CT molecular complexity index is 754. The van der Waals surface area contributed by atoms with Crippen LogP contribution in [0.25, 0.3) is 0 Å². The number of thioether (sulfide) groups is 1. The lowest BCUT2D eigenvalue weighted by atomic mass is 10.2. The molecule has 0 bridgehead atoms. The van der Waals surface area contributed by atoms with E-state index in [2.05, 4.69) is 9.88 Å². The van der Waals surface area contributed by atoms with E-state index in [1.165, 1.54) is 35.1 Å². The highest BCUT2D eigenvalue weighted by Crippen LogP contribution is 2.25. The highest BCUT2D eigenvalue weighted by molar-refractivity contribution is 8.00. The molecular formula is C19H30N4O3S2. The van der Waals surface area contributed by atoms with Crippen molar-refractivity contribution in [2.45, 2.75) is 47.8 Å². The molecule has 1 atom stereocenters. The number of pyridine rings is 1. The van der Waals surface area contributed by atoms with E-state index in [4.69, 9.17) is 0 Å². The highest BCUT2D eigenvalue weighted by atomic mass is 32.2. The van der Waals surface area contributed by atoms with Crippen LogP contribution in [0.1, 0.15) is 32.6 Å². The van der Waals surface area contributed by atoms with E-state index in [1.807, 2.05) is 18.9 Å². The van der Waals surface area contributed by atoms with Crippen molar-refractivity contribution < 1.29 is 13.2 Å². The van der Waals surface area contributed by atoms with Crippen molar-refractivity contribution in [2.75, 3.05) is 46.3 Å². The summed E-state index contributed by atoms with van der Waals surface area (Å²) in [4.78, 5) is 21.3. The van der Waals surface area contributed by atoms with Crippen LogP contribution >= 0.6 is 11.8 Å². The van der Waals surface area contributed by atoms with Crippen molar-refractivity contribution >= 4 is 27.7 Å². The Morgan fingerprint density at radius 2 is 1.68 bits per heavy atom. The maximum absolute atomic E-state index is 12.8. The predicted molar refractivity (Wildman–Crippen MR) is 111 cm³/mol. The summed E-state index contributed by atoms with van der Waals surface area (Å²) in [5, 5.41) is 0.443. The van der Waals surface area contributed by atoms with E-state index < -0.39 is 10.0 Å². The lowest BCUT2D eigenvalue weighted by Gasteiger charge is -2.31. The van der Waals surface area contributed by atoms with Gasteiger partial charge in [0.1, 0.15) is 4.90 Å². The first-order valence-electron chi connectivity index (χ1n) is 9.98. The molecule has 0 spiro atoms. The first-order valence-corrected chi connectivity index (χ1v) is 12.3. The van der Waals surface area contributed by atoms with Gasteiger partial charge in [0.15, 0.2) is 0 Å². The molecule has 3 rings (SSSR count). The Balaban J connectivity index is 1.61. The summed E-state index contributed by atoms with van der Waals surface area (Å²) in [6.07, 6.45) is 5.94. The minimum absolute atomic E-state index is 0.142. The lowest BCUT2D eigenvalue weighted by Crippen LogP contribution is -2.47. The maximum atomic E-state index is 12.8. The number of carbonyl (C=O) groups is 1. The molecule has 3 heterocycles. The van der Waals surface area contributed by atoms with Crippen molar-refractivity contribution in [2.24, 2.45) is 0 Å². The van der Waals surface area contributed by atoms with Gasteiger partial charge in [0.25, 0.3) is 0 Å². The van der Waals surface area contributed by atoms with E-state index in [9.17, 15) is 13.2 Å². The molecule has 0 aliphatic carbocycles. The van der Waals surface area contributed by atoms with Crippen molar-refractivity contribution in [3.8, 4) is 0 Å². The minimum atomic E-state index is -3.51. The average Bonchev–Trinajstić information content (AvgIpc) is 2.97. The third-order valence-corrected chi connectivity index (χ3v) is 8.29. The number of sulfonamides is 1. The zero-order valence-electron chi connectivity index (χ0n) is 16.7. The van der Waals surface area contributed by atoms with Crippen molar-refractivity contribution in [3.05, 3.63) is 18.3 Å². The molecule has 9 heteroatoms. The van der Waals surface area contributed by atoms with Crippen LogP contribution in [-0.4, -0.2) is 85.0 Å². The quantitative estimate of drug-likeness (QED) is 0.670. The predicted octanol–water partition coefficient (Wildman–Crippen LogP) is 1.90. The summed E-state index contributed by atoms with van der Waals surface area (Å²) in [6, 6.07) is 3.31. The number of nitrogens with zero attached hydrogens (tertiary/aromatic N) is 4. The first kappa shape index (κ1) is 21.5. The number of hydrogen-bond donors (Lipinski definition) is 0. The Morgan fingerprint density at radius 3 is 2.25 bits per heavy atom. The molecule has 1 aromatic rings. The fourth-order valence-corrected chi connectivity index (χ4v) is 5.79. The average molecular weight is 427 g/mol. The number of piperazine rings is 1. The molecule has 2 aliphatic rings. The van der Waals surface area contributed by atoms with E-state index in [1.54, 1.807) is 12.1 Å². The van der Waals surface area contributed by atoms with Gasteiger partial charge in [0.05, 0.1) is 10.3 Å². The summed E-state index contributed by atoms with van der Waals surface area (Å²) in [5.41, 5.74) is 0. The van der Waals surface area contributed by atoms with E-state index >= 15 is 0 Å². The number of likely N-dealkylation sites (tertiary alicyclic amines) is 1. The van der Waals surface area contributed by atoms with Gasteiger partial charge in [-0.15, -0.1) is 0 Å². The van der Waals surface area contributed by atoms with Crippen LogP contribution in [0.3, 0.4) is 0 Å². The molecule has 0 N–H and O–H groups in total. The second-order valence-electron chi connectivity index (χ2n) is 7.54. The molecule has 2 aliphatic heterocycles. The maximum Gasteiger partial charge on any atom is 0.244 e. The fourth-order valence-electron chi connectivity index (χ4n) is 3.55. The molecule has 1 aromatic heterocycles. The molecule has 0 unspecified atom stereocenters. The monoisotopic (exact) mass is 426 g/mol. The molecule has 0 saturated carbocycles. The van der Waals surface area contributed by atoms with E-state index in [0.29, 0.717) is 18.1 Å². The van der Waals surface area contributed by atoms with Crippen LogP contribution in [0.2, 0.25) is 0 Å². The summed E-state index contributed by atoms with van der Waals surface area (Å²) in [6.45, 7) is 6.02. The number of aromatic nitrogens is 1. The standard InChI is InChI=1S/C19H30N4O3S2/c1-16(19(24)22-9-5-3-4-6-10-22)27-18-8-7-17(15-20-18)28(25,26)23-13-11-21(2)12-14-23/h7-8,15-16H,3-6,9-14H2,1-2H3/t16-/m1/s1. The Hall–Kier alpha value is -1.16. The fraction of sp³-hybridized carbons (Fsp3) is 0.684. The molecule has 2 saturated heterocycles. The van der Waals surface area contributed by atoms with Crippen LogP contribution in [-0.2, 0) is 14.8 Å². The van der Waals surface area contributed by atoms with Crippen LogP contribution in [0, 0.1) is 0 Å². The highest BCUT2D eigenvalue weighted by Gasteiger charge is 2.28. The number of rotatable bonds is 5. The van der Waals surface area contributed by atoms with Crippen LogP contribution < -0.4 is 0 Å². The number of hydrogen-bond acceptors (Lipinski definition) is 6. The molecule has 0 aromatic carbocycles. The SMILES string of the molecule is C[C@@H](Sc1ccc(S(=O)(=O)N2CCN(C)CC2)cn1)C(=O)N1CCCCCC1. The topological polar surface area (TPSA) is 73.8 Å². The lowest BCUT2D eigenvalue weighted by molar-refractivity contribution is -0.130. The van der Waals surface area contributed by atoms with Gasteiger partial charge in [-0.3, -0.25) is 4.79 Å². The Morgan fingerprint density at radius 1 is 1.04 bits per heavy atom. The van der Waals surface area contributed by atoms with Crippen molar-refractivity contribution in [1.29, 1.82) is 0 Å². The number of carbonyl (C=O) groups excluding carboxylic acids is 1. The van der Waals surface area contributed by atoms with E-state index in [-0.39, 0.29) is 16.1 Å². The van der Waals surface area contributed by atoms with Gasteiger partial charge < -0.3 is 9.80 Å². The normalized spacial score (nSPS) is 21.3. The molecule has 156 valence electrons. The second kappa shape index (κ2) is 9.56. The van der Waals surface area contributed by atoms with Crippen LogP contribution in [0.4, 0.5) is 0 Å². The third-order valence-electron chi connectivity index (χ3n) is 5.37. The molecule has 0 radical (unpaired) electrons. The first-order chi connectivity index (χ1) is 13.4. The van der Waals surface area contributed by atoms with Crippen molar-refractivity contribution in [3.63, 3.8) is 0 Å². The van der Waals surface area contributed by atoms with Crippen molar-refractivity contribution in [1.82, 2.24) is 19.1 Å². The molecule has 2 fully saturated rings. The molecule has 1 amide bonds. The minimum Gasteiger partial charge on any atom is -0.342 e. The van der Waals surface area contributed by atoms with Gasteiger partial charge in [0.2, 0.25) is 15.9 Å². The zero-order valence-corrected chi connectivity index (χ0v) is 18.3. The Labute approximate surface area is 172 Å². The van der Waals surface area contributed by atoms with Gasteiger partial charge in [-0.1, -0.05) is 24.6 Å². The summed E-state index contributed by atoms with van der Waals surface area (Å²) >= 11 is 1.39. The summed E-state index contributed by atoms with van der Waals surface area (Å²) < 4.78 is 27.1. The summed E-state index contributed by atoms with van der Waals surface area (Å²) in [5.74, 6) is 0.142. The van der Waals surface area contributed by atoms with Gasteiger partial charge in [-0.05, 0) is 38.9 Å².